The van der Waals surface area contributed by atoms with Gasteiger partial charge < -0.3 is 10.1 Å². The van der Waals surface area contributed by atoms with Crippen LogP contribution in [0.4, 0.5) is 0 Å². The zero-order valence-corrected chi connectivity index (χ0v) is 4.79. The van der Waals surface area contributed by atoms with Gasteiger partial charge in [0.05, 0.1) is 6.04 Å². The Morgan fingerprint density at radius 2 is 2.50 bits per heavy atom. The first-order valence-electron chi connectivity index (χ1n) is 2.63. The summed E-state index contributed by atoms with van der Waals surface area (Å²) >= 11 is 0. The highest BCUT2D eigenvalue weighted by atomic mass is 16.5. The normalized spacial score (nSPS) is 35.8. The summed E-state index contributed by atoms with van der Waals surface area (Å²) in [6, 6.07) is 0.222. The molecule has 1 aliphatic heterocycles. The van der Waals surface area contributed by atoms with Crippen molar-refractivity contribution in [2.24, 2.45) is 5.73 Å². The van der Waals surface area contributed by atoms with E-state index in [9.17, 15) is 0 Å². The summed E-state index contributed by atoms with van der Waals surface area (Å²) in [7, 11) is 0. The lowest BCUT2D eigenvalue weighted by Crippen LogP contribution is -2.44. The van der Waals surface area contributed by atoms with E-state index in [1.54, 1.807) is 12.5 Å². The van der Waals surface area contributed by atoms with Crippen LogP contribution in [0.1, 0.15) is 6.92 Å². The standard InChI is InChI=1S/C5H10N2O/c1-4-5(6)8-3-2-7-4/h2-5,7H,6H2,1H3. The minimum absolute atomic E-state index is 0.194. The first-order chi connectivity index (χ1) is 3.80. The molecular weight excluding hydrogens is 104 g/mol. The molecule has 0 fully saturated rings. The van der Waals surface area contributed by atoms with Gasteiger partial charge >= 0.3 is 0 Å². The van der Waals surface area contributed by atoms with E-state index in [0.29, 0.717) is 0 Å². The Morgan fingerprint density at radius 3 is 2.88 bits per heavy atom. The van der Waals surface area contributed by atoms with Crippen LogP contribution in [0.3, 0.4) is 0 Å². The molecule has 2 unspecified atom stereocenters. The van der Waals surface area contributed by atoms with Crippen molar-refractivity contribution >= 4 is 0 Å². The van der Waals surface area contributed by atoms with E-state index in [-0.39, 0.29) is 12.3 Å². The average Bonchev–Trinajstić information content (AvgIpc) is 1.77. The molecule has 3 heteroatoms. The molecule has 2 atom stereocenters. The van der Waals surface area contributed by atoms with Crippen molar-refractivity contribution in [1.82, 2.24) is 5.32 Å². The fourth-order valence-electron chi connectivity index (χ4n) is 0.534. The first kappa shape index (κ1) is 5.44. The van der Waals surface area contributed by atoms with Crippen molar-refractivity contribution in [2.75, 3.05) is 0 Å². The molecule has 0 spiro atoms. The Balaban J connectivity index is 2.44. The lowest BCUT2D eigenvalue weighted by atomic mass is 10.3. The van der Waals surface area contributed by atoms with E-state index in [0.717, 1.165) is 0 Å². The molecule has 0 radical (unpaired) electrons. The van der Waals surface area contributed by atoms with E-state index in [1.165, 1.54) is 0 Å². The summed E-state index contributed by atoms with van der Waals surface area (Å²) < 4.78 is 4.92. The van der Waals surface area contributed by atoms with Gasteiger partial charge in [0.2, 0.25) is 0 Å². The van der Waals surface area contributed by atoms with Crippen LogP contribution in [0.5, 0.6) is 0 Å². The van der Waals surface area contributed by atoms with E-state index in [2.05, 4.69) is 5.32 Å². The summed E-state index contributed by atoms with van der Waals surface area (Å²) in [5.74, 6) is 0. The number of nitrogens with two attached hydrogens (primary N) is 1. The van der Waals surface area contributed by atoms with Crippen LogP contribution in [0.15, 0.2) is 12.5 Å². The number of rotatable bonds is 0. The van der Waals surface area contributed by atoms with Crippen LogP contribution >= 0.6 is 0 Å². The van der Waals surface area contributed by atoms with Gasteiger partial charge in [0.15, 0.2) is 6.23 Å². The maximum atomic E-state index is 5.44. The second-order valence-corrected chi connectivity index (χ2v) is 1.86. The van der Waals surface area contributed by atoms with Crippen molar-refractivity contribution in [3.05, 3.63) is 12.5 Å². The topological polar surface area (TPSA) is 47.3 Å². The third kappa shape index (κ3) is 0.924. The molecule has 0 aromatic rings. The van der Waals surface area contributed by atoms with Crippen LogP contribution < -0.4 is 11.1 Å². The molecule has 0 bridgehead atoms. The van der Waals surface area contributed by atoms with Crippen LogP contribution in [0, 0.1) is 0 Å². The first-order valence-corrected chi connectivity index (χ1v) is 2.63. The van der Waals surface area contributed by atoms with Crippen molar-refractivity contribution in [3.8, 4) is 0 Å². The molecule has 0 aromatic heterocycles. The fourth-order valence-corrected chi connectivity index (χ4v) is 0.534. The minimum atomic E-state index is -0.194. The van der Waals surface area contributed by atoms with Crippen LogP contribution in [-0.4, -0.2) is 12.3 Å². The third-order valence-corrected chi connectivity index (χ3v) is 1.16. The Morgan fingerprint density at radius 1 is 1.75 bits per heavy atom. The predicted molar refractivity (Wildman–Crippen MR) is 30.8 cm³/mol. The van der Waals surface area contributed by atoms with Gasteiger partial charge in [0.25, 0.3) is 0 Å². The largest absolute Gasteiger partial charge is 0.479 e. The van der Waals surface area contributed by atoms with E-state index < -0.39 is 0 Å². The van der Waals surface area contributed by atoms with Crippen LogP contribution in [0.25, 0.3) is 0 Å². The van der Waals surface area contributed by atoms with Gasteiger partial charge in [-0.15, -0.1) is 0 Å². The lowest BCUT2D eigenvalue weighted by Gasteiger charge is -2.23. The average molecular weight is 114 g/mol. The summed E-state index contributed by atoms with van der Waals surface area (Å²) in [5.41, 5.74) is 5.44. The number of ether oxygens (including phenoxy) is 1. The molecule has 46 valence electrons. The van der Waals surface area contributed by atoms with Gasteiger partial charge in [-0.2, -0.15) is 0 Å². The lowest BCUT2D eigenvalue weighted by molar-refractivity contribution is 0.105. The second kappa shape index (κ2) is 2.05. The molecule has 0 amide bonds. The molecule has 3 nitrogen and oxygen atoms in total. The number of hydrogen-bond acceptors (Lipinski definition) is 3. The zero-order chi connectivity index (χ0) is 5.98. The molecule has 0 aliphatic carbocycles. The highest BCUT2D eigenvalue weighted by Gasteiger charge is 2.12. The van der Waals surface area contributed by atoms with Gasteiger partial charge in [-0.25, -0.2) is 0 Å². The van der Waals surface area contributed by atoms with Gasteiger partial charge in [-0.3, -0.25) is 5.73 Å². The van der Waals surface area contributed by atoms with E-state index >= 15 is 0 Å². The fraction of sp³-hybridized carbons (Fsp3) is 0.600. The number of nitrogens with one attached hydrogen (secondary N) is 1. The summed E-state index contributed by atoms with van der Waals surface area (Å²) in [6.07, 6.45) is 3.11. The molecule has 0 aromatic carbocycles. The van der Waals surface area contributed by atoms with E-state index in [4.69, 9.17) is 10.5 Å². The van der Waals surface area contributed by atoms with E-state index in [1.807, 2.05) is 6.92 Å². The van der Waals surface area contributed by atoms with Crippen molar-refractivity contribution < 1.29 is 4.74 Å². The summed E-state index contributed by atoms with van der Waals surface area (Å²) in [6.45, 7) is 1.97. The van der Waals surface area contributed by atoms with Crippen molar-refractivity contribution in [3.63, 3.8) is 0 Å². The van der Waals surface area contributed by atoms with Crippen LogP contribution in [0.2, 0.25) is 0 Å². The highest BCUT2D eigenvalue weighted by molar-refractivity contribution is 4.84. The van der Waals surface area contributed by atoms with Crippen molar-refractivity contribution in [2.45, 2.75) is 19.2 Å². The molecule has 0 saturated carbocycles. The summed E-state index contributed by atoms with van der Waals surface area (Å²) in [5, 5.41) is 3.00. The van der Waals surface area contributed by atoms with Crippen molar-refractivity contribution in [1.29, 1.82) is 0 Å². The molecule has 1 heterocycles. The summed E-state index contributed by atoms with van der Waals surface area (Å²) in [4.78, 5) is 0. The molecule has 1 aliphatic rings. The zero-order valence-electron chi connectivity index (χ0n) is 4.79. The SMILES string of the molecule is CC1NC=COC1N. The molecular formula is C5H10N2O. The highest BCUT2D eigenvalue weighted by Crippen LogP contribution is 1.96. The quantitative estimate of drug-likeness (QED) is 0.456. The Kier molecular flexibility index (Phi) is 1.39. The molecule has 3 N–H and O–H groups in total. The van der Waals surface area contributed by atoms with Gasteiger partial charge in [0, 0.05) is 6.20 Å². The Hall–Kier alpha value is -0.700. The third-order valence-electron chi connectivity index (χ3n) is 1.16. The van der Waals surface area contributed by atoms with Gasteiger partial charge in [0.1, 0.15) is 6.26 Å². The molecule has 0 saturated heterocycles. The molecule has 8 heavy (non-hydrogen) atoms. The minimum Gasteiger partial charge on any atom is -0.479 e. The Bertz CT molecular complexity index is 90.6. The Labute approximate surface area is 48.5 Å². The van der Waals surface area contributed by atoms with Gasteiger partial charge in [-0.05, 0) is 6.92 Å². The maximum Gasteiger partial charge on any atom is 0.166 e. The number of hydrogen-bond donors (Lipinski definition) is 2. The van der Waals surface area contributed by atoms with Gasteiger partial charge in [-0.1, -0.05) is 0 Å². The monoisotopic (exact) mass is 114 g/mol. The smallest absolute Gasteiger partial charge is 0.166 e. The van der Waals surface area contributed by atoms with Crippen LogP contribution in [-0.2, 0) is 4.74 Å². The molecule has 1 rings (SSSR count). The maximum absolute atomic E-state index is 5.44. The second-order valence-electron chi connectivity index (χ2n) is 1.86. The predicted octanol–water partition coefficient (Wildman–Crippen LogP) is -0.249.